The Morgan fingerprint density at radius 3 is 2.54 bits per heavy atom. The predicted molar refractivity (Wildman–Crippen MR) is 129 cm³/mol. The quantitative estimate of drug-likeness (QED) is 0.320. The van der Waals surface area contributed by atoms with Crippen LogP contribution in [0.4, 0.5) is 19.0 Å². The Labute approximate surface area is 217 Å². The van der Waals surface area contributed by atoms with E-state index < -0.39 is 34.6 Å². The molecular formula is C22H21ClF3N7O3S. The second-order valence-corrected chi connectivity index (χ2v) is 9.30. The highest BCUT2D eigenvalue weighted by Crippen LogP contribution is 2.35. The number of carbonyl (C=O) groups is 3. The predicted octanol–water partition coefficient (Wildman–Crippen LogP) is 3.94. The van der Waals surface area contributed by atoms with Crippen molar-refractivity contribution < 1.29 is 27.6 Å². The van der Waals surface area contributed by atoms with Crippen molar-refractivity contribution in [2.45, 2.75) is 44.8 Å². The molecule has 1 atom stereocenters. The number of aryl methyl sites for hydroxylation is 1. The molecule has 3 heterocycles. The summed E-state index contributed by atoms with van der Waals surface area (Å²) < 4.78 is 39.1. The second kappa shape index (κ2) is 12.1. The summed E-state index contributed by atoms with van der Waals surface area (Å²) in [5.41, 5.74) is 4.76. The highest BCUT2D eigenvalue weighted by atomic mass is 35.5. The molecule has 196 valence electrons. The summed E-state index contributed by atoms with van der Waals surface area (Å²) in [7, 11) is 0. The molecule has 0 saturated carbocycles. The first-order valence-electron chi connectivity index (χ1n) is 10.8. The van der Waals surface area contributed by atoms with Crippen LogP contribution in [0.25, 0.3) is 0 Å². The molecule has 0 aliphatic carbocycles. The van der Waals surface area contributed by atoms with E-state index in [1.54, 1.807) is 13.0 Å². The number of rotatable bonds is 10. The van der Waals surface area contributed by atoms with E-state index in [1.807, 2.05) is 0 Å². The van der Waals surface area contributed by atoms with Crippen LogP contribution in [0.5, 0.6) is 0 Å². The number of primary amides is 1. The maximum absolute atomic E-state index is 13.0. The minimum atomic E-state index is -4.71. The van der Waals surface area contributed by atoms with Gasteiger partial charge >= 0.3 is 6.18 Å². The summed E-state index contributed by atoms with van der Waals surface area (Å²) in [6.07, 6.45) is 0.699. The van der Waals surface area contributed by atoms with Gasteiger partial charge in [-0.05, 0) is 38.3 Å². The lowest BCUT2D eigenvalue weighted by Crippen LogP contribution is -2.27. The van der Waals surface area contributed by atoms with Crippen molar-refractivity contribution in [2.24, 2.45) is 5.73 Å². The Bertz CT molecular complexity index is 1300. The Morgan fingerprint density at radius 1 is 1.08 bits per heavy atom. The summed E-state index contributed by atoms with van der Waals surface area (Å²) in [6, 6.07) is 1.58. The van der Waals surface area contributed by atoms with Gasteiger partial charge in [-0.25, -0.2) is 19.9 Å². The number of carbonyl (C=O) groups excluding carboxylic acids is 3. The van der Waals surface area contributed by atoms with Crippen LogP contribution in [-0.4, -0.2) is 37.7 Å². The average molecular weight is 556 g/mol. The van der Waals surface area contributed by atoms with Gasteiger partial charge in [-0.2, -0.15) is 13.2 Å². The Balaban J connectivity index is 1.60. The van der Waals surface area contributed by atoms with Crippen LogP contribution in [0.15, 0.2) is 30.9 Å². The first kappa shape index (κ1) is 27.9. The fourth-order valence-electron chi connectivity index (χ4n) is 3.09. The summed E-state index contributed by atoms with van der Waals surface area (Å²) in [4.78, 5) is 52.0. The molecule has 0 aromatic carbocycles. The number of pyridine rings is 1. The second-order valence-electron chi connectivity index (χ2n) is 7.83. The lowest BCUT2D eigenvalue weighted by atomic mass is 10.1. The Kier molecular flexibility index (Phi) is 9.10. The molecule has 0 aliphatic heterocycles. The van der Waals surface area contributed by atoms with E-state index in [2.05, 4.69) is 30.6 Å². The first-order valence-corrected chi connectivity index (χ1v) is 12.0. The summed E-state index contributed by atoms with van der Waals surface area (Å²) in [5.74, 6) is -1.91. The van der Waals surface area contributed by atoms with E-state index in [0.29, 0.717) is 36.0 Å². The first-order chi connectivity index (χ1) is 17.4. The molecule has 0 bridgehead atoms. The molecule has 0 saturated heterocycles. The molecule has 0 aliphatic rings. The van der Waals surface area contributed by atoms with Gasteiger partial charge in [0.15, 0.2) is 0 Å². The highest BCUT2D eigenvalue weighted by Gasteiger charge is 2.34. The number of nitrogens with one attached hydrogen (secondary N) is 2. The number of hydrogen-bond donors (Lipinski definition) is 3. The third kappa shape index (κ3) is 7.92. The van der Waals surface area contributed by atoms with Crippen LogP contribution >= 0.6 is 22.9 Å². The van der Waals surface area contributed by atoms with Crippen LogP contribution < -0.4 is 16.4 Å². The monoisotopic (exact) mass is 555 g/mol. The number of halogens is 4. The topological polar surface area (TPSA) is 153 Å². The van der Waals surface area contributed by atoms with E-state index in [-0.39, 0.29) is 28.7 Å². The molecule has 3 aromatic heterocycles. The van der Waals surface area contributed by atoms with E-state index in [4.69, 9.17) is 17.3 Å². The van der Waals surface area contributed by atoms with E-state index in [1.165, 1.54) is 12.5 Å². The number of unbranched alkanes of at least 4 members (excludes halogenated alkanes) is 1. The maximum Gasteiger partial charge on any atom is 0.418 e. The molecule has 15 heteroatoms. The van der Waals surface area contributed by atoms with Crippen LogP contribution in [0.3, 0.4) is 0 Å². The van der Waals surface area contributed by atoms with Gasteiger partial charge in [0, 0.05) is 18.3 Å². The van der Waals surface area contributed by atoms with Crippen molar-refractivity contribution in [3.8, 4) is 0 Å². The number of nitrogens with zero attached hydrogens (tertiary/aromatic N) is 4. The largest absolute Gasteiger partial charge is 0.418 e. The molecule has 1 unspecified atom stereocenters. The number of nitrogens with two attached hydrogens (primary N) is 1. The standard InChI is InChI=1S/C22H21ClF3N7O3S/c1-11(32-19(35)15-6-12(30-10-31-15)4-2-3-5-17(27)34)21-29-9-16(37-21)20(36)33-18-7-13(22(24,25)26)14(23)8-28-18/h6-11H,2-5H2,1H3,(H2,27,34)(H,32,35)(H,28,33,36). The van der Waals surface area contributed by atoms with Crippen molar-refractivity contribution in [3.63, 3.8) is 0 Å². The van der Waals surface area contributed by atoms with Crippen LogP contribution in [-0.2, 0) is 17.4 Å². The SMILES string of the molecule is CC(NC(=O)c1cc(CCCCC(N)=O)ncn1)c1ncc(C(=O)Nc2cc(C(F)(F)F)c(Cl)cn2)s1. The minimum Gasteiger partial charge on any atom is -0.370 e. The van der Waals surface area contributed by atoms with Crippen molar-refractivity contribution in [2.75, 3.05) is 5.32 Å². The molecule has 3 amide bonds. The van der Waals surface area contributed by atoms with Gasteiger partial charge in [0.05, 0.1) is 22.8 Å². The zero-order valence-corrected chi connectivity index (χ0v) is 20.9. The Hall–Kier alpha value is -3.65. The molecular weight excluding hydrogens is 535 g/mol. The fourth-order valence-corrected chi connectivity index (χ4v) is 4.12. The molecule has 0 fully saturated rings. The molecule has 3 aromatic rings. The van der Waals surface area contributed by atoms with Crippen LogP contribution in [0.1, 0.15) is 68.7 Å². The molecule has 3 rings (SSSR count). The normalized spacial score (nSPS) is 12.1. The van der Waals surface area contributed by atoms with Gasteiger partial charge in [0.25, 0.3) is 11.8 Å². The smallest absolute Gasteiger partial charge is 0.370 e. The number of aromatic nitrogens is 4. The summed E-state index contributed by atoms with van der Waals surface area (Å²) in [5, 5.41) is 4.81. The van der Waals surface area contributed by atoms with E-state index >= 15 is 0 Å². The molecule has 4 N–H and O–H groups in total. The van der Waals surface area contributed by atoms with Crippen LogP contribution in [0, 0.1) is 0 Å². The molecule has 0 radical (unpaired) electrons. The molecule has 0 spiro atoms. The lowest BCUT2D eigenvalue weighted by molar-refractivity contribution is -0.137. The third-order valence-electron chi connectivity index (χ3n) is 4.93. The van der Waals surface area contributed by atoms with E-state index in [9.17, 15) is 27.6 Å². The lowest BCUT2D eigenvalue weighted by Gasteiger charge is -2.11. The summed E-state index contributed by atoms with van der Waals surface area (Å²) in [6.45, 7) is 1.65. The average Bonchev–Trinajstić information content (AvgIpc) is 3.33. The van der Waals surface area contributed by atoms with Gasteiger partial charge < -0.3 is 16.4 Å². The van der Waals surface area contributed by atoms with E-state index in [0.717, 1.165) is 17.5 Å². The molecule has 10 nitrogen and oxygen atoms in total. The molecule has 37 heavy (non-hydrogen) atoms. The van der Waals surface area contributed by atoms with Crippen molar-refractivity contribution in [1.82, 2.24) is 25.3 Å². The minimum absolute atomic E-state index is 0.0988. The van der Waals surface area contributed by atoms with Crippen LogP contribution in [0.2, 0.25) is 5.02 Å². The number of amides is 3. The van der Waals surface area contributed by atoms with Gasteiger partial charge in [-0.1, -0.05) is 11.6 Å². The fraction of sp³-hybridized carbons (Fsp3) is 0.318. The zero-order chi connectivity index (χ0) is 27.2. The Morgan fingerprint density at radius 2 is 1.84 bits per heavy atom. The van der Waals surface area contributed by atoms with Gasteiger partial charge in [0.2, 0.25) is 5.91 Å². The van der Waals surface area contributed by atoms with Gasteiger partial charge in [-0.3, -0.25) is 14.4 Å². The highest BCUT2D eigenvalue weighted by molar-refractivity contribution is 7.13. The van der Waals surface area contributed by atoms with Crippen molar-refractivity contribution >= 4 is 46.5 Å². The number of thiazole rings is 1. The van der Waals surface area contributed by atoms with Crippen molar-refractivity contribution in [1.29, 1.82) is 0 Å². The van der Waals surface area contributed by atoms with Gasteiger partial charge in [0.1, 0.15) is 27.7 Å². The summed E-state index contributed by atoms with van der Waals surface area (Å²) >= 11 is 6.50. The number of alkyl halides is 3. The van der Waals surface area contributed by atoms with Crippen molar-refractivity contribution in [3.05, 3.63) is 62.7 Å². The third-order valence-corrected chi connectivity index (χ3v) is 6.41. The van der Waals surface area contributed by atoms with Gasteiger partial charge in [-0.15, -0.1) is 11.3 Å². The number of hydrogen-bond acceptors (Lipinski definition) is 8. The zero-order valence-electron chi connectivity index (χ0n) is 19.3. The maximum atomic E-state index is 13.0. The number of anilines is 1.